The SMILES string of the molecule is CC(C)(C)c1ccc(N2c3cc(C(C)(C)C)cc4c3B(c3ccc5c(c3N4c3ccc4c(c3)C(C)(C)CCC4(C)C)C(C)(C)CCC5(C)C)c3oc4ccccc4c32)c(-c2ccccc2)c1. The van der Waals surface area contributed by atoms with Crippen molar-refractivity contribution in [3.05, 3.63) is 149 Å². The highest BCUT2D eigenvalue weighted by Gasteiger charge is 2.51. The molecule has 1 aromatic heterocycles. The predicted molar refractivity (Wildman–Crippen MR) is 284 cm³/mol. The van der Waals surface area contributed by atoms with Gasteiger partial charge in [-0.1, -0.05) is 164 Å². The van der Waals surface area contributed by atoms with Gasteiger partial charge in [-0.15, -0.1) is 0 Å². The monoisotopic (exact) mass is 869 g/mol. The van der Waals surface area contributed by atoms with Gasteiger partial charge in [-0.2, -0.15) is 0 Å². The van der Waals surface area contributed by atoms with E-state index in [1.54, 1.807) is 0 Å². The van der Waals surface area contributed by atoms with E-state index in [1.165, 1.54) is 91.0 Å². The summed E-state index contributed by atoms with van der Waals surface area (Å²) in [5.74, 6) is 0. The van der Waals surface area contributed by atoms with Gasteiger partial charge in [-0.25, -0.2) is 0 Å². The molecule has 0 fully saturated rings. The maximum atomic E-state index is 7.41. The van der Waals surface area contributed by atoms with Crippen molar-refractivity contribution < 1.29 is 4.42 Å². The molecule has 0 N–H and O–H groups in total. The average Bonchev–Trinajstić information content (AvgIpc) is 3.65. The first-order valence-corrected chi connectivity index (χ1v) is 24.8. The van der Waals surface area contributed by atoms with Crippen LogP contribution in [0.5, 0.6) is 0 Å². The third kappa shape index (κ3) is 6.36. The Bertz CT molecular complexity index is 3130. The molecule has 0 atom stereocenters. The van der Waals surface area contributed by atoms with Crippen LogP contribution in [0.3, 0.4) is 0 Å². The molecule has 3 nitrogen and oxygen atoms in total. The van der Waals surface area contributed by atoms with Crippen molar-refractivity contribution >= 4 is 68.4 Å². The molecule has 7 aromatic rings. The highest BCUT2D eigenvalue weighted by molar-refractivity contribution is 7.00. The van der Waals surface area contributed by atoms with E-state index >= 15 is 0 Å². The zero-order valence-corrected chi connectivity index (χ0v) is 42.2. The summed E-state index contributed by atoms with van der Waals surface area (Å²) >= 11 is 0. The van der Waals surface area contributed by atoms with E-state index in [0.29, 0.717) is 0 Å². The third-order valence-electron chi connectivity index (χ3n) is 16.7. The minimum absolute atomic E-state index is 0.0295. The fraction of sp³-hybridized carbons (Fsp3) is 0.387. The molecule has 3 heterocycles. The van der Waals surface area contributed by atoms with E-state index in [0.717, 1.165) is 40.8 Å². The third-order valence-corrected chi connectivity index (χ3v) is 16.7. The molecule has 4 heteroatoms. The summed E-state index contributed by atoms with van der Waals surface area (Å²) in [6, 6.07) is 44.7. The highest BCUT2D eigenvalue weighted by Crippen LogP contribution is 2.56. The number of nitrogens with zero attached hydrogens (tertiary/aromatic N) is 2. The van der Waals surface area contributed by atoms with Crippen LogP contribution in [0.2, 0.25) is 0 Å². The standard InChI is InChI=1S/C62H69BN2O/c1-57(2,3)39-24-29-48(43(34-39)38-20-16-15-17-21-38)65-50-36-40(58(4,5)6)35-49-53(50)63(56-54(65)42-22-18-19-23-51(42)66-56)47-28-27-45-52(62(13,14)33-32-60(45,9)10)55(47)64(49)41-25-26-44-46(37-41)61(11,12)31-30-59(44,7)8/h15-29,34-37H,30-33H2,1-14H3. The molecule has 2 aliphatic heterocycles. The van der Waals surface area contributed by atoms with Crippen LogP contribution < -0.4 is 26.4 Å². The number of benzene rings is 6. The highest BCUT2D eigenvalue weighted by atomic mass is 16.3. The van der Waals surface area contributed by atoms with Crippen LogP contribution in [0.25, 0.3) is 22.1 Å². The van der Waals surface area contributed by atoms with Gasteiger partial charge in [0.25, 0.3) is 6.71 Å². The molecule has 11 rings (SSSR count). The van der Waals surface area contributed by atoms with E-state index in [2.05, 4.69) is 222 Å². The fourth-order valence-corrected chi connectivity index (χ4v) is 12.4. The van der Waals surface area contributed by atoms with Crippen LogP contribution in [0.4, 0.5) is 34.1 Å². The Balaban J connectivity index is 1.31. The predicted octanol–water partition coefficient (Wildman–Crippen LogP) is 15.5. The molecule has 0 saturated carbocycles. The molecule has 0 amide bonds. The molecular weight excluding hydrogens is 800 g/mol. The molecule has 0 unspecified atom stereocenters. The fourth-order valence-electron chi connectivity index (χ4n) is 12.4. The number of hydrogen-bond donors (Lipinski definition) is 0. The molecule has 0 saturated heterocycles. The van der Waals surface area contributed by atoms with Crippen molar-refractivity contribution in [3.8, 4) is 11.1 Å². The van der Waals surface area contributed by atoms with Crippen molar-refractivity contribution in [1.29, 1.82) is 0 Å². The minimum Gasteiger partial charge on any atom is -0.468 e. The van der Waals surface area contributed by atoms with Gasteiger partial charge in [0.05, 0.1) is 17.0 Å². The van der Waals surface area contributed by atoms with Gasteiger partial charge in [0.2, 0.25) is 0 Å². The summed E-state index contributed by atoms with van der Waals surface area (Å²) in [7, 11) is 0. The average molecular weight is 869 g/mol. The quantitative estimate of drug-likeness (QED) is 0.165. The second-order valence-corrected chi connectivity index (χ2v) is 25.1. The molecule has 6 aromatic carbocycles. The Morgan fingerprint density at radius 3 is 1.77 bits per heavy atom. The number of anilines is 6. The van der Waals surface area contributed by atoms with Crippen LogP contribution >= 0.6 is 0 Å². The summed E-state index contributed by atoms with van der Waals surface area (Å²) < 4.78 is 7.41. The summed E-state index contributed by atoms with van der Waals surface area (Å²) in [6.07, 6.45) is 4.65. The number of para-hydroxylation sites is 1. The van der Waals surface area contributed by atoms with Gasteiger partial charge < -0.3 is 14.2 Å². The lowest BCUT2D eigenvalue weighted by molar-refractivity contribution is 0.331. The Hall–Kier alpha value is -5.48. The summed E-state index contributed by atoms with van der Waals surface area (Å²) in [4.78, 5) is 5.35. The van der Waals surface area contributed by atoms with Gasteiger partial charge in [-0.3, -0.25) is 0 Å². The first-order chi connectivity index (χ1) is 31.0. The van der Waals surface area contributed by atoms with Crippen LogP contribution in [0.1, 0.15) is 156 Å². The lowest BCUT2D eigenvalue weighted by Crippen LogP contribution is -2.62. The second-order valence-electron chi connectivity index (χ2n) is 25.1. The topological polar surface area (TPSA) is 19.6 Å². The number of rotatable bonds is 3. The lowest BCUT2D eigenvalue weighted by Gasteiger charge is -2.49. The summed E-state index contributed by atoms with van der Waals surface area (Å²) in [5.41, 5.74) is 23.0. The van der Waals surface area contributed by atoms with Gasteiger partial charge >= 0.3 is 0 Å². The first kappa shape index (κ1) is 43.1. The van der Waals surface area contributed by atoms with Crippen molar-refractivity contribution in [2.75, 3.05) is 9.80 Å². The zero-order valence-electron chi connectivity index (χ0n) is 42.2. The Morgan fingerprint density at radius 2 is 1.09 bits per heavy atom. The lowest BCUT2D eigenvalue weighted by atomic mass is 9.35. The van der Waals surface area contributed by atoms with Crippen molar-refractivity contribution in [3.63, 3.8) is 0 Å². The van der Waals surface area contributed by atoms with E-state index in [1.807, 2.05) is 0 Å². The van der Waals surface area contributed by atoms with Crippen LogP contribution in [-0.4, -0.2) is 6.71 Å². The summed E-state index contributed by atoms with van der Waals surface area (Å²) in [6.45, 7) is 33.8. The first-order valence-electron chi connectivity index (χ1n) is 24.8. The van der Waals surface area contributed by atoms with Gasteiger partial charge in [-0.05, 0) is 157 Å². The van der Waals surface area contributed by atoms with Crippen LogP contribution in [-0.2, 0) is 32.5 Å². The van der Waals surface area contributed by atoms with Crippen LogP contribution in [0.15, 0.2) is 120 Å². The van der Waals surface area contributed by atoms with Gasteiger partial charge in [0.15, 0.2) is 0 Å². The second kappa shape index (κ2) is 14.0. The molecule has 0 bridgehead atoms. The maximum absolute atomic E-state index is 7.41. The molecule has 336 valence electrons. The largest absolute Gasteiger partial charge is 0.468 e. The minimum atomic E-state index is -0.144. The molecule has 0 radical (unpaired) electrons. The van der Waals surface area contributed by atoms with Crippen molar-refractivity contribution in [1.82, 2.24) is 0 Å². The van der Waals surface area contributed by atoms with Gasteiger partial charge in [0.1, 0.15) is 5.58 Å². The number of fused-ring (bicyclic) bond motifs is 9. The Kier molecular flexibility index (Phi) is 9.17. The molecule has 2 aliphatic carbocycles. The van der Waals surface area contributed by atoms with Crippen molar-refractivity contribution in [2.45, 2.75) is 155 Å². The van der Waals surface area contributed by atoms with E-state index in [-0.39, 0.29) is 39.2 Å². The molecule has 4 aliphatic rings. The van der Waals surface area contributed by atoms with E-state index < -0.39 is 0 Å². The number of hydrogen-bond acceptors (Lipinski definition) is 3. The number of furan rings is 1. The molecular formula is C62H69BN2O. The van der Waals surface area contributed by atoms with E-state index in [4.69, 9.17) is 4.42 Å². The van der Waals surface area contributed by atoms with Crippen molar-refractivity contribution in [2.24, 2.45) is 0 Å². The van der Waals surface area contributed by atoms with E-state index in [9.17, 15) is 0 Å². The molecule has 66 heavy (non-hydrogen) atoms. The maximum Gasteiger partial charge on any atom is 0.297 e. The zero-order chi connectivity index (χ0) is 46.7. The normalized spacial score (nSPS) is 18.6. The Morgan fingerprint density at radius 1 is 0.500 bits per heavy atom. The Labute approximate surface area is 395 Å². The smallest absolute Gasteiger partial charge is 0.297 e. The summed E-state index contributed by atoms with van der Waals surface area (Å²) in [5, 5.41) is 1.14. The van der Waals surface area contributed by atoms with Gasteiger partial charge in [0, 0.05) is 33.7 Å². The van der Waals surface area contributed by atoms with Crippen LogP contribution in [0, 0.1) is 0 Å². The molecule has 0 spiro atoms.